The summed E-state index contributed by atoms with van der Waals surface area (Å²) in [5.41, 5.74) is 2.44. The van der Waals surface area contributed by atoms with E-state index < -0.39 is 17.3 Å². The van der Waals surface area contributed by atoms with Gasteiger partial charge in [-0.05, 0) is 67.4 Å². The molecule has 3 unspecified atom stereocenters. The maximum Gasteiger partial charge on any atom is 0.308 e. The van der Waals surface area contributed by atoms with Gasteiger partial charge < -0.3 is 9.47 Å². The minimum absolute atomic E-state index is 0.0201. The number of non-ortho nitro benzene ring substituents is 1. The van der Waals surface area contributed by atoms with Crippen molar-refractivity contribution in [3.8, 4) is 0 Å². The van der Waals surface area contributed by atoms with Crippen molar-refractivity contribution in [3.63, 3.8) is 0 Å². The minimum atomic E-state index is -0.809. The van der Waals surface area contributed by atoms with E-state index in [2.05, 4.69) is 0 Å². The smallest absolute Gasteiger partial charge is 0.308 e. The molecule has 0 radical (unpaired) electrons. The molecule has 4 rings (SSSR count). The van der Waals surface area contributed by atoms with Gasteiger partial charge in [-0.1, -0.05) is 6.92 Å². The first kappa shape index (κ1) is 22.1. The van der Waals surface area contributed by atoms with E-state index in [1.54, 1.807) is 24.0 Å². The first-order chi connectivity index (χ1) is 15.3. The molecule has 0 N–H and O–H groups in total. The van der Waals surface area contributed by atoms with Crippen molar-refractivity contribution >= 4 is 40.5 Å². The Morgan fingerprint density at radius 1 is 1.31 bits per heavy atom. The highest BCUT2D eigenvalue weighted by molar-refractivity contribution is 7.80. The van der Waals surface area contributed by atoms with Gasteiger partial charge in [-0.3, -0.25) is 29.5 Å². The monoisotopic (exact) mass is 457 g/mol. The van der Waals surface area contributed by atoms with Crippen LogP contribution in [0.1, 0.15) is 32.3 Å². The van der Waals surface area contributed by atoms with E-state index in [0.717, 1.165) is 16.8 Å². The highest BCUT2D eigenvalue weighted by Gasteiger charge is 2.53. The van der Waals surface area contributed by atoms with E-state index in [-0.39, 0.29) is 23.5 Å². The first-order valence-electron chi connectivity index (χ1n) is 10.5. The lowest BCUT2D eigenvalue weighted by Crippen LogP contribution is -2.36. The number of benzene rings is 1. The van der Waals surface area contributed by atoms with Gasteiger partial charge in [0.25, 0.3) is 11.6 Å². The first-order valence-corrected chi connectivity index (χ1v) is 10.9. The van der Waals surface area contributed by atoms with Crippen molar-refractivity contribution < 1.29 is 24.0 Å². The predicted octanol–water partition coefficient (Wildman–Crippen LogP) is 3.01. The van der Waals surface area contributed by atoms with E-state index in [4.69, 9.17) is 21.7 Å². The zero-order chi connectivity index (χ0) is 23.0. The van der Waals surface area contributed by atoms with E-state index in [9.17, 15) is 19.7 Å². The molecule has 2 heterocycles. The maximum atomic E-state index is 12.9. The number of ether oxygens (including phenoxy) is 2. The summed E-state index contributed by atoms with van der Waals surface area (Å²) in [4.78, 5) is 38.6. The van der Waals surface area contributed by atoms with Crippen LogP contribution in [0.3, 0.4) is 0 Å². The van der Waals surface area contributed by atoms with Crippen molar-refractivity contribution in [1.29, 1.82) is 0 Å². The Morgan fingerprint density at radius 2 is 2.03 bits per heavy atom. The molecule has 9 nitrogen and oxygen atoms in total. The van der Waals surface area contributed by atoms with Gasteiger partial charge in [0.1, 0.15) is 6.10 Å². The van der Waals surface area contributed by atoms with E-state index in [1.807, 2.05) is 19.1 Å². The number of thiocarbonyl (C=S) groups is 1. The molecular formula is C22H23N3O6S. The molecule has 0 aromatic heterocycles. The molecule has 1 aliphatic carbocycles. The number of carbonyl (C=O) groups is 2. The summed E-state index contributed by atoms with van der Waals surface area (Å²) in [6, 6.07) is 6.26. The summed E-state index contributed by atoms with van der Waals surface area (Å²) >= 11 is 5.58. The molecule has 3 aliphatic rings. The maximum absolute atomic E-state index is 12.9. The lowest BCUT2D eigenvalue weighted by Gasteiger charge is -2.21. The topological polar surface area (TPSA) is 102 Å². The van der Waals surface area contributed by atoms with Gasteiger partial charge in [-0.2, -0.15) is 0 Å². The largest absolute Gasteiger partial charge is 0.466 e. The molecule has 168 valence electrons. The van der Waals surface area contributed by atoms with Crippen molar-refractivity contribution in [2.45, 2.75) is 39.0 Å². The van der Waals surface area contributed by atoms with E-state index in [1.165, 1.54) is 17.0 Å². The average molecular weight is 458 g/mol. The summed E-state index contributed by atoms with van der Waals surface area (Å²) in [5.74, 6) is -0.801. The van der Waals surface area contributed by atoms with Crippen LogP contribution in [0.5, 0.6) is 0 Å². The highest BCUT2D eigenvalue weighted by atomic mass is 32.1. The van der Waals surface area contributed by atoms with Gasteiger partial charge in [0.2, 0.25) is 6.23 Å². The average Bonchev–Trinajstić information content (AvgIpc) is 3.40. The summed E-state index contributed by atoms with van der Waals surface area (Å²) in [7, 11) is 0. The molecule has 2 fully saturated rings. The van der Waals surface area contributed by atoms with Gasteiger partial charge in [-0.25, -0.2) is 0 Å². The van der Waals surface area contributed by atoms with Crippen LogP contribution in [0, 0.1) is 16.0 Å². The SMILES string of the molecule is CCOC(=O)C(CC)CCN1C(=O)C2OC3C=C(c4ccc([N+](=O)[O-])cc4)C=C3N2C1=S. The third-order valence-electron chi connectivity index (χ3n) is 5.85. The molecule has 10 heteroatoms. The van der Waals surface area contributed by atoms with Crippen LogP contribution in [0.2, 0.25) is 0 Å². The zero-order valence-corrected chi connectivity index (χ0v) is 18.5. The second kappa shape index (κ2) is 8.79. The van der Waals surface area contributed by atoms with Crippen LogP contribution in [0.25, 0.3) is 5.57 Å². The Hall–Kier alpha value is -3.11. The summed E-state index contributed by atoms with van der Waals surface area (Å²) < 4.78 is 11.1. The molecule has 3 atom stereocenters. The van der Waals surface area contributed by atoms with Crippen molar-refractivity contribution in [2.75, 3.05) is 13.2 Å². The van der Waals surface area contributed by atoms with Crippen LogP contribution >= 0.6 is 12.2 Å². The van der Waals surface area contributed by atoms with Gasteiger partial charge in [-0.15, -0.1) is 0 Å². The molecule has 1 aromatic carbocycles. The van der Waals surface area contributed by atoms with Crippen molar-refractivity contribution in [2.24, 2.45) is 5.92 Å². The number of nitro benzene ring substituents is 1. The molecule has 2 saturated heterocycles. The quantitative estimate of drug-likeness (QED) is 0.254. The third-order valence-corrected chi connectivity index (χ3v) is 6.27. The molecule has 0 bridgehead atoms. The standard InChI is InChI=1S/C22H23N3O6S/c1-3-13(21(27)30-4-2)9-10-23-19(26)20-24(22(23)32)17-11-15(12-18(17)31-20)14-5-7-16(8-6-14)25(28)29/h5-8,11-13,18,20H,3-4,9-10H2,1-2H3. The lowest BCUT2D eigenvalue weighted by atomic mass is 10.0. The number of allylic oxidation sites excluding steroid dienone is 2. The van der Waals surface area contributed by atoms with Crippen LogP contribution in [-0.2, 0) is 19.1 Å². The Morgan fingerprint density at radius 3 is 2.66 bits per heavy atom. The number of nitro groups is 1. The number of nitrogens with zero attached hydrogens (tertiary/aromatic N) is 3. The van der Waals surface area contributed by atoms with Crippen molar-refractivity contribution in [1.82, 2.24) is 9.80 Å². The fourth-order valence-corrected chi connectivity index (χ4v) is 4.50. The Bertz CT molecular complexity index is 1030. The van der Waals surface area contributed by atoms with Crippen molar-refractivity contribution in [3.05, 3.63) is 57.8 Å². The van der Waals surface area contributed by atoms with Gasteiger partial charge in [0.15, 0.2) is 5.11 Å². The summed E-state index contributed by atoms with van der Waals surface area (Å²) in [6.45, 7) is 4.30. The summed E-state index contributed by atoms with van der Waals surface area (Å²) in [5, 5.41) is 11.2. The van der Waals surface area contributed by atoms with Crippen LogP contribution in [0.4, 0.5) is 5.69 Å². The molecule has 0 spiro atoms. The number of hydrogen-bond acceptors (Lipinski definition) is 7. The number of fused-ring (bicyclic) bond motifs is 3. The molecule has 32 heavy (non-hydrogen) atoms. The normalized spacial score (nSPS) is 22.4. The number of esters is 1. The number of rotatable bonds is 8. The Labute approximate surface area is 190 Å². The van der Waals surface area contributed by atoms with Crippen LogP contribution in [-0.4, -0.2) is 57.2 Å². The van der Waals surface area contributed by atoms with Crippen LogP contribution < -0.4 is 0 Å². The fraction of sp³-hybridized carbons (Fsp3) is 0.409. The Kier molecular flexibility index (Phi) is 6.07. The third kappa shape index (κ3) is 3.80. The highest BCUT2D eigenvalue weighted by Crippen LogP contribution is 2.41. The van der Waals surface area contributed by atoms with Gasteiger partial charge in [0, 0.05) is 18.7 Å². The van der Waals surface area contributed by atoms with Gasteiger partial charge >= 0.3 is 5.97 Å². The second-order valence-electron chi connectivity index (χ2n) is 7.69. The number of carbonyl (C=O) groups excluding carboxylic acids is 2. The lowest BCUT2D eigenvalue weighted by molar-refractivity contribution is -0.384. The van der Waals surface area contributed by atoms with Gasteiger partial charge in [0.05, 0.1) is 23.1 Å². The molecular weight excluding hydrogens is 434 g/mol. The predicted molar refractivity (Wildman–Crippen MR) is 119 cm³/mol. The molecule has 0 saturated carbocycles. The minimum Gasteiger partial charge on any atom is -0.466 e. The van der Waals surface area contributed by atoms with E-state index in [0.29, 0.717) is 31.1 Å². The second-order valence-corrected chi connectivity index (χ2v) is 8.06. The number of amides is 1. The fourth-order valence-electron chi connectivity index (χ4n) is 4.12. The molecule has 1 amide bonds. The molecule has 1 aromatic rings. The molecule has 2 aliphatic heterocycles. The van der Waals surface area contributed by atoms with E-state index >= 15 is 0 Å². The Balaban J connectivity index is 1.47. The zero-order valence-electron chi connectivity index (χ0n) is 17.7. The summed E-state index contributed by atoms with van der Waals surface area (Å²) in [6.07, 6.45) is 3.63. The van der Waals surface area contributed by atoms with Crippen LogP contribution in [0.15, 0.2) is 42.1 Å². The number of hydrogen-bond donors (Lipinski definition) is 0.